The lowest BCUT2D eigenvalue weighted by Crippen LogP contribution is -2.30. The molecule has 0 spiro atoms. The summed E-state index contributed by atoms with van der Waals surface area (Å²) in [6, 6.07) is 13.2. The van der Waals surface area contributed by atoms with E-state index in [9.17, 15) is 14.4 Å². The SMILES string of the molecule is Cc1cccc(CN2C(=O)N/C(=C/c3ccc(C(=O)O)cc3)C2=O)c1. The maximum absolute atomic E-state index is 12.5. The van der Waals surface area contributed by atoms with Gasteiger partial charge in [-0.3, -0.25) is 9.69 Å². The van der Waals surface area contributed by atoms with Gasteiger partial charge in [0.2, 0.25) is 0 Å². The van der Waals surface area contributed by atoms with E-state index in [4.69, 9.17) is 5.11 Å². The van der Waals surface area contributed by atoms with Gasteiger partial charge in [-0.25, -0.2) is 9.59 Å². The molecule has 25 heavy (non-hydrogen) atoms. The highest BCUT2D eigenvalue weighted by Crippen LogP contribution is 2.18. The minimum Gasteiger partial charge on any atom is -0.478 e. The lowest BCUT2D eigenvalue weighted by molar-refractivity contribution is -0.123. The standard InChI is InChI=1S/C19H16N2O4/c1-12-3-2-4-14(9-12)11-21-17(22)16(20-19(21)25)10-13-5-7-15(8-6-13)18(23)24/h2-10H,11H2,1H3,(H,20,25)(H,23,24)/b16-10+. The first-order chi connectivity index (χ1) is 11.9. The number of urea groups is 1. The molecule has 0 bridgehead atoms. The Labute approximate surface area is 144 Å². The molecule has 126 valence electrons. The van der Waals surface area contributed by atoms with E-state index >= 15 is 0 Å². The fourth-order valence-corrected chi connectivity index (χ4v) is 2.60. The van der Waals surface area contributed by atoms with Gasteiger partial charge in [-0.15, -0.1) is 0 Å². The second-order valence-corrected chi connectivity index (χ2v) is 5.80. The zero-order chi connectivity index (χ0) is 18.0. The number of imide groups is 1. The number of amides is 3. The van der Waals surface area contributed by atoms with E-state index in [1.165, 1.54) is 18.2 Å². The summed E-state index contributed by atoms with van der Waals surface area (Å²) in [6.07, 6.45) is 1.53. The van der Waals surface area contributed by atoms with E-state index in [0.29, 0.717) is 5.56 Å². The minimum absolute atomic E-state index is 0.157. The Balaban J connectivity index is 1.79. The number of carboxylic acid groups (broad SMARTS) is 1. The second kappa shape index (κ2) is 6.60. The molecule has 0 saturated carbocycles. The van der Waals surface area contributed by atoms with Crippen molar-refractivity contribution in [3.63, 3.8) is 0 Å². The maximum Gasteiger partial charge on any atom is 0.335 e. The van der Waals surface area contributed by atoms with Crippen LogP contribution in [0.5, 0.6) is 0 Å². The van der Waals surface area contributed by atoms with Crippen LogP contribution in [0.15, 0.2) is 54.2 Å². The summed E-state index contributed by atoms with van der Waals surface area (Å²) in [4.78, 5) is 36.6. The number of hydrogen-bond donors (Lipinski definition) is 2. The van der Waals surface area contributed by atoms with E-state index in [-0.39, 0.29) is 17.8 Å². The number of nitrogens with one attached hydrogen (secondary N) is 1. The van der Waals surface area contributed by atoms with E-state index in [0.717, 1.165) is 16.0 Å². The van der Waals surface area contributed by atoms with Crippen LogP contribution in [0, 0.1) is 6.92 Å². The van der Waals surface area contributed by atoms with E-state index < -0.39 is 17.9 Å². The summed E-state index contributed by atoms with van der Waals surface area (Å²) < 4.78 is 0. The molecule has 1 aliphatic heterocycles. The van der Waals surface area contributed by atoms with Crippen LogP contribution in [0.25, 0.3) is 6.08 Å². The Hall–Kier alpha value is -3.41. The van der Waals surface area contributed by atoms with Crippen LogP contribution in [-0.2, 0) is 11.3 Å². The smallest absolute Gasteiger partial charge is 0.335 e. The number of carboxylic acids is 1. The Kier molecular flexibility index (Phi) is 4.35. The normalized spacial score (nSPS) is 15.6. The van der Waals surface area contributed by atoms with Gasteiger partial charge in [-0.2, -0.15) is 0 Å². The summed E-state index contributed by atoms with van der Waals surface area (Å²) in [5.41, 5.74) is 2.88. The van der Waals surface area contributed by atoms with Crippen molar-refractivity contribution >= 4 is 24.0 Å². The van der Waals surface area contributed by atoms with Crippen LogP contribution < -0.4 is 5.32 Å². The van der Waals surface area contributed by atoms with Crippen LogP contribution in [0.1, 0.15) is 27.0 Å². The number of hydrogen-bond acceptors (Lipinski definition) is 3. The fourth-order valence-electron chi connectivity index (χ4n) is 2.60. The van der Waals surface area contributed by atoms with Gasteiger partial charge in [0.05, 0.1) is 12.1 Å². The van der Waals surface area contributed by atoms with Gasteiger partial charge < -0.3 is 10.4 Å². The van der Waals surface area contributed by atoms with Crippen molar-refractivity contribution in [2.24, 2.45) is 0 Å². The summed E-state index contributed by atoms with van der Waals surface area (Å²) in [7, 11) is 0. The number of rotatable bonds is 4. The van der Waals surface area contributed by atoms with E-state index in [1.807, 2.05) is 31.2 Å². The van der Waals surface area contributed by atoms with Crippen LogP contribution in [0.2, 0.25) is 0 Å². The van der Waals surface area contributed by atoms with Crippen LogP contribution in [0.3, 0.4) is 0 Å². The quantitative estimate of drug-likeness (QED) is 0.664. The van der Waals surface area contributed by atoms with Crippen LogP contribution >= 0.6 is 0 Å². The number of aryl methyl sites for hydroxylation is 1. The van der Waals surface area contributed by atoms with Gasteiger partial charge in [0.15, 0.2) is 0 Å². The molecule has 2 aromatic rings. The topological polar surface area (TPSA) is 86.7 Å². The number of benzene rings is 2. The first kappa shape index (κ1) is 16.4. The number of carbonyl (C=O) groups is 3. The predicted molar refractivity (Wildman–Crippen MR) is 91.6 cm³/mol. The van der Waals surface area contributed by atoms with E-state index in [1.54, 1.807) is 12.1 Å². The molecule has 1 aliphatic rings. The predicted octanol–water partition coefficient (Wildman–Crippen LogP) is 2.79. The fraction of sp³-hybridized carbons (Fsp3) is 0.105. The monoisotopic (exact) mass is 336 g/mol. The van der Waals surface area contributed by atoms with Crippen molar-refractivity contribution < 1.29 is 19.5 Å². The lowest BCUT2D eigenvalue weighted by atomic mass is 10.1. The van der Waals surface area contributed by atoms with Gasteiger partial charge in [0.1, 0.15) is 5.70 Å². The molecule has 1 saturated heterocycles. The molecule has 2 aromatic carbocycles. The molecule has 0 radical (unpaired) electrons. The molecule has 1 heterocycles. The van der Waals surface area contributed by atoms with E-state index in [2.05, 4.69) is 5.32 Å². The number of carbonyl (C=O) groups excluding carboxylic acids is 2. The highest BCUT2D eigenvalue weighted by molar-refractivity contribution is 6.13. The van der Waals surface area contributed by atoms with Gasteiger partial charge in [0, 0.05) is 0 Å². The average molecular weight is 336 g/mol. The lowest BCUT2D eigenvalue weighted by Gasteiger charge is -2.12. The van der Waals surface area contributed by atoms with Crippen molar-refractivity contribution in [3.8, 4) is 0 Å². The van der Waals surface area contributed by atoms with Crippen molar-refractivity contribution in [3.05, 3.63) is 76.5 Å². The van der Waals surface area contributed by atoms with Gasteiger partial charge >= 0.3 is 12.0 Å². The Morgan fingerprint density at radius 1 is 1.16 bits per heavy atom. The zero-order valence-corrected chi connectivity index (χ0v) is 13.5. The summed E-state index contributed by atoms with van der Waals surface area (Å²) in [5, 5.41) is 11.5. The summed E-state index contributed by atoms with van der Waals surface area (Å²) in [6.45, 7) is 2.14. The Bertz CT molecular complexity index is 885. The molecule has 6 heteroatoms. The van der Waals surface area contributed by atoms with Crippen LogP contribution in [0.4, 0.5) is 4.79 Å². The maximum atomic E-state index is 12.5. The minimum atomic E-state index is -1.02. The third-order valence-electron chi connectivity index (χ3n) is 3.85. The number of nitrogens with zero attached hydrogens (tertiary/aromatic N) is 1. The molecular formula is C19H16N2O4. The Morgan fingerprint density at radius 3 is 2.52 bits per heavy atom. The molecule has 3 rings (SSSR count). The molecule has 0 aromatic heterocycles. The van der Waals surface area contributed by atoms with Crippen molar-refractivity contribution in [1.82, 2.24) is 10.2 Å². The zero-order valence-electron chi connectivity index (χ0n) is 13.5. The van der Waals surface area contributed by atoms with Crippen molar-refractivity contribution in [2.45, 2.75) is 13.5 Å². The first-order valence-corrected chi connectivity index (χ1v) is 7.67. The molecule has 0 unspecified atom stereocenters. The summed E-state index contributed by atoms with van der Waals surface area (Å²) >= 11 is 0. The summed E-state index contributed by atoms with van der Waals surface area (Å²) in [5.74, 6) is -1.43. The highest BCUT2D eigenvalue weighted by atomic mass is 16.4. The average Bonchev–Trinajstić information content (AvgIpc) is 2.83. The molecule has 1 fully saturated rings. The molecule has 0 aliphatic carbocycles. The van der Waals surface area contributed by atoms with Gasteiger partial charge in [-0.05, 0) is 36.3 Å². The second-order valence-electron chi connectivity index (χ2n) is 5.80. The van der Waals surface area contributed by atoms with Gasteiger partial charge in [0.25, 0.3) is 5.91 Å². The molecular weight excluding hydrogens is 320 g/mol. The van der Waals surface area contributed by atoms with Crippen molar-refractivity contribution in [1.29, 1.82) is 0 Å². The molecule has 2 N–H and O–H groups in total. The third-order valence-corrected chi connectivity index (χ3v) is 3.85. The molecule has 0 atom stereocenters. The third kappa shape index (κ3) is 3.58. The van der Waals surface area contributed by atoms with Crippen molar-refractivity contribution in [2.75, 3.05) is 0 Å². The Morgan fingerprint density at radius 2 is 1.88 bits per heavy atom. The molecule has 3 amide bonds. The number of aromatic carboxylic acids is 1. The van der Waals surface area contributed by atoms with Crippen LogP contribution in [-0.4, -0.2) is 27.9 Å². The first-order valence-electron chi connectivity index (χ1n) is 7.67. The largest absolute Gasteiger partial charge is 0.478 e. The van der Waals surface area contributed by atoms with Gasteiger partial charge in [-0.1, -0.05) is 42.0 Å². The molecule has 6 nitrogen and oxygen atoms in total. The highest BCUT2D eigenvalue weighted by Gasteiger charge is 2.33.